The Hall–Kier alpha value is -0.610. The monoisotopic (exact) mass is 284 g/mol. The summed E-state index contributed by atoms with van der Waals surface area (Å²) in [6.07, 6.45) is 0. The summed E-state index contributed by atoms with van der Waals surface area (Å²) in [5.74, 6) is 0. The number of likely N-dealkylation sites (N-methyl/N-ethyl adjacent to an activating group) is 1. The summed E-state index contributed by atoms with van der Waals surface area (Å²) < 4.78 is 5.60. The third-order valence-corrected chi connectivity index (χ3v) is 3.51. The lowest BCUT2D eigenvalue weighted by Gasteiger charge is -2.17. The molecule has 0 aliphatic heterocycles. The van der Waals surface area contributed by atoms with Gasteiger partial charge in [-0.1, -0.05) is 43.6 Å². The molecule has 1 aromatic rings. The molecule has 0 bridgehead atoms. The van der Waals surface area contributed by atoms with Gasteiger partial charge in [0.15, 0.2) is 0 Å². The molecule has 0 heterocycles. The van der Waals surface area contributed by atoms with Crippen molar-refractivity contribution in [2.75, 3.05) is 39.3 Å². The Morgan fingerprint density at radius 1 is 1.16 bits per heavy atom. The molecule has 1 aromatic carbocycles. The number of rotatable bonds is 10. The molecule has 3 nitrogen and oxygen atoms in total. The van der Waals surface area contributed by atoms with Gasteiger partial charge in [-0.3, -0.25) is 0 Å². The van der Waals surface area contributed by atoms with Gasteiger partial charge in [-0.2, -0.15) is 0 Å². The van der Waals surface area contributed by atoms with Gasteiger partial charge in [-0.05, 0) is 24.7 Å². The number of nitrogens with one attached hydrogen (secondary N) is 1. The highest BCUT2D eigenvalue weighted by molar-refractivity contribution is 6.31. The molecule has 0 saturated heterocycles. The lowest BCUT2D eigenvalue weighted by atomic mass is 10.2. The normalized spacial score (nSPS) is 11.2. The van der Waals surface area contributed by atoms with Crippen molar-refractivity contribution in [1.29, 1.82) is 0 Å². The molecular formula is C15H25ClN2O. The number of hydrogen-bond donors (Lipinski definition) is 1. The van der Waals surface area contributed by atoms with E-state index in [1.165, 1.54) is 0 Å². The number of hydrogen-bond acceptors (Lipinski definition) is 3. The third kappa shape index (κ3) is 6.92. The molecule has 108 valence electrons. The van der Waals surface area contributed by atoms with Crippen molar-refractivity contribution in [1.82, 2.24) is 10.2 Å². The van der Waals surface area contributed by atoms with Crippen LogP contribution in [0.5, 0.6) is 0 Å². The van der Waals surface area contributed by atoms with Gasteiger partial charge in [0.05, 0.1) is 13.2 Å². The number of benzene rings is 1. The lowest BCUT2D eigenvalue weighted by molar-refractivity contribution is 0.122. The first-order chi connectivity index (χ1) is 9.27. The van der Waals surface area contributed by atoms with Gasteiger partial charge >= 0.3 is 0 Å². The van der Waals surface area contributed by atoms with E-state index in [1.54, 1.807) is 0 Å². The van der Waals surface area contributed by atoms with Crippen molar-refractivity contribution in [3.05, 3.63) is 34.9 Å². The van der Waals surface area contributed by atoms with Gasteiger partial charge in [0.25, 0.3) is 0 Å². The van der Waals surface area contributed by atoms with Crippen molar-refractivity contribution in [2.24, 2.45) is 0 Å². The maximum absolute atomic E-state index is 6.05. The second-order valence-corrected chi connectivity index (χ2v) is 4.83. The fourth-order valence-electron chi connectivity index (χ4n) is 1.84. The smallest absolute Gasteiger partial charge is 0.0731 e. The quantitative estimate of drug-likeness (QED) is 0.669. The van der Waals surface area contributed by atoms with Crippen LogP contribution in [0, 0.1) is 0 Å². The SMILES string of the molecule is CCN(CC)CCNCCOCc1ccccc1Cl. The molecule has 4 heteroatoms. The van der Waals surface area contributed by atoms with E-state index < -0.39 is 0 Å². The van der Waals surface area contributed by atoms with E-state index in [-0.39, 0.29) is 0 Å². The third-order valence-electron chi connectivity index (χ3n) is 3.14. The van der Waals surface area contributed by atoms with E-state index in [4.69, 9.17) is 16.3 Å². The molecule has 0 aliphatic carbocycles. The summed E-state index contributed by atoms with van der Waals surface area (Å²) in [7, 11) is 0. The standard InChI is InChI=1S/C15H25ClN2O/c1-3-18(4-2)11-9-17-10-12-19-13-14-7-5-6-8-15(14)16/h5-8,17H,3-4,9-13H2,1-2H3. The number of halogens is 1. The van der Waals surface area contributed by atoms with Gasteiger partial charge < -0.3 is 15.0 Å². The van der Waals surface area contributed by atoms with Gasteiger partial charge in [-0.25, -0.2) is 0 Å². The zero-order valence-corrected chi connectivity index (χ0v) is 12.7. The maximum Gasteiger partial charge on any atom is 0.0731 e. The van der Waals surface area contributed by atoms with Crippen molar-refractivity contribution in [3.8, 4) is 0 Å². The Bertz CT molecular complexity index is 343. The fourth-order valence-corrected chi connectivity index (χ4v) is 2.03. The van der Waals surface area contributed by atoms with Gasteiger partial charge in [0.1, 0.15) is 0 Å². The van der Waals surface area contributed by atoms with Gasteiger partial charge in [0, 0.05) is 24.7 Å². The molecule has 1 N–H and O–H groups in total. The number of nitrogens with zero attached hydrogens (tertiary/aromatic N) is 1. The van der Waals surface area contributed by atoms with E-state index in [2.05, 4.69) is 24.1 Å². The van der Waals surface area contributed by atoms with Crippen molar-refractivity contribution in [2.45, 2.75) is 20.5 Å². The molecule has 1 rings (SSSR count). The Morgan fingerprint density at radius 3 is 2.58 bits per heavy atom. The Kier molecular flexibility index (Phi) is 8.84. The first kappa shape index (κ1) is 16.4. The summed E-state index contributed by atoms with van der Waals surface area (Å²) in [5.41, 5.74) is 1.05. The molecule has 0 fully saturated rings. The minimum Gasteiger partial charge on any atom is -0.375 e. The molecule has 0 radical (unpaired) electrons. The fraction of sp³-hybridized carbons (Fsp3) is 0.600. The van der Waals surface area contributed by atoms with Crippen LogP contribution in [0.1, 0.15) is 19.4 Å². The summed E-state index contributed by atoms with van der Waals surface area (Å²) in [6, 6.07) is 7.80. The molecule has 0 saturated carbocycles. The summed E-state index contributed by atoms with van der Waals surface area (Å²) in [4.78, 5) is 2.40. The molecule has 0 amide bonds. The van der Waals surface area contributed by atoms with E-state index in [9.17, 15) is 0 Å². The van der Waals surface area contributed by atoms with Crippen molar-refractivity contribution in [3.63, 3.8) is 0 Å². The van der Waals surface area contributed by atoms with Gasteiger partial charge in [0.2, 0.25) is 0 Å². The van der Waals surface area contributed by atoms with Crippen LogP contribution < -0.4 is 5.32 Å². The highest BCUT2D eigenvalue weighted by Crippen LogP contribution is 2.15. The Morgan fingerprint density at radius 2 is 1.89 bits per heavy atom. The Balaban J connectivity index is 2.01. The summed E-state index contributed by atoms with van der Waals surface area (Å²) in [5, 5.41) is 4.16. The zero-order valence-electron chi connectivity index (χ0n) is 12.0. The second-order valence-electron chi connectivity index (χ2n) is 4.42. The molecule has 0 aromatic heterocycles. The molecule has 0 atom stereocenters. The average molecular weight is 285 g/mol. The van der Waals surface area contributed by atoms with Crippen molar-refractivity contribution < 1.29 is 4.74 Å². The van der Waals surface area contributed by atoms with Crippen LogP contribution in [-0.4, -0.2) is 44.2 Å². The lowest BCUT2D eigenvalue weighted by Crippen LogP contribution is -2.33. The highest BCUT2D eigenvalue weighted by Gasteiger charge is 1.99. The van der Waals surface area contributed by atoms with E-state index in [0.717, 1.165) is 43.3 Å². The van der Waals surface area contributed by atoms with E-state index in [1.807, 2.05) is 24.3 Å². The van der Waals surface area contributed by atoms with Crippen LogP contribution in [0.15, 0.2) is 24.3 Å². The predicted octanol–water partition coefficient (Wildman–Crippen LogP) is 2.79. The molecule has 0 aliphatic rings. The van der Waals surface area contributed by atoms with E-state index >= 15 is 0 Å². The first-order valence-electron chi connectivity index (χ1n) is 7.02. The molecular weight excluding hydrogens is 260 g/mol. The number of ether oxygens (including phenoxy) is 1. The van der Waals surface area contributed by atoms with Crippen LogP contribution in [0.3, 0.4) is 0 Å². The van der Waals surface area contributed by atoms with Crippen LogP contribution in [0.4, 0.5) is 0 Å². The minimum absolute atomic E-state index is 0.581. The zero-order chi connectivity index (χ0) is 13.9. The second kappa shape index (κ2) is 10.2. The summed E-state index contributed by atoms with van der Waals surface area (Å²) >= 11 is 6.05. The topological polar surface area (TPSA) is 24.5 Å². The van der Waals surface area contributed by atoms with Crippen LogP contribution >= 0.6 is 11.6 Å². The molecule has 19 heavy (non-hydrogen) atoms. The Labute approximate surface area is 121 Å². The highest BCUT2D eigenvalue weighted by atomic mass is 35.5. The van der Waals surface area contributed by atoms with E-state index in [0.29, 0.717) is 13.2 Å². The van der Waals surface area contributed by atoms with Crippen LogP contribution in [0.25, 0.3) is 0 Å². The molecule has 0 unspecified atom stereocenters. The maximum atomic E-state index is 6.05. The van der Waals surface area contributed by atoms with Crippen LogP contribution in [-0.2, 0) is 11.3 Å². The minimum atomic E-state index is 0.581. The molecule has 0 spiro atoms. The largest absolute Gasteiger partial charge is 0.375 e. The average Bonchev–Trinajstić information content (AvgIpc) is 2.44. The first-order valence-corrected chi connectivity index (χ1v) is 7.40. The van der Waals surface area contributed by atoms with Gasteiger partial charge in [-0.15, -0.1) is 0 Å². The predicted molar refractivity (Wildman–Crippen MR) is 81.8 cm³/mol. The summed E-state index contributed by atoms with van der Waals surface area (Å²) in [6.45, 7) is 10.9. The van der Waals surface area contributed by atoms with Crippen LogP contribution in [0.2, 0.25) is 5.02 Å². The van der Waals surface area contributed by atoms with Crippen molar-refractivity contribution >= 4 is 11.6 Å².